The van der Waals surface area contributed by atoms with Gasteiger partial charge in [-0.2, -0.15) is 0 Å². The van der Waals surface area contributed by atoms with Crippen molar-refractivity contribution in [3.8, 4) is 0 Å². The van der Waals surface area contributed by atoms with E-state index in [1.54, 1.807) is 13.0 Å². The van der Waals surface area contributed by atoms with Crippen LogP contribution >= 0.6 is 0 Å². The van der Waals surface area contributed by atoms with Crippen molar-refractivity contribution in [2.24, 2.45) is 5.41 Å². The number of rotatable bonds is 2. The van der Waals surface area contributed by atoms with Crippen LogP contribution in [0.1, 0.15) is 34.6 Å². The highest BCUT2D eigenvalue weighted by atomic mass is 16.1. The first-order valence-corrected chi connectivity index (χ1v) is 4.23. The summed E-state index contributed by atoms with van der Waals surface area (Å²) < 4.78 is 0. The highest BCUT2D eigenvalue weighted by Crippen LogP contribution is 2.25. The average Bonchev–Trinajstić information content (AvgIpc) is 1.83. The largest absolute Gasteiger partial charge is 0.295 e. The number of carbonyl (C=O) groups is 1. The zero-order chi connectivity index (χ0) is 9.78. The standard InChI is InChI=1S/C11H18O/c1-6-7-10(8-9(2)12)11(3,4)5/h6-8H,1-5H3/b7-6-,10-8+. The van der Waals surface area contributed by atoms with Crippen LogP contribution in [0.15, 0.2) is 23.8 Å². The van der Waals surface area contributed by atoms with Crippen LogP contribution in [0.3, 0.4) is 0 Å². The highest BCUT2D eigenvalue weighted by Gasteiger charge is 2.14. The minimum absolute atomic E-state index is 0.0537. The first-order valence-electron chi connectivity index (χ1n) is 4.23. The van der Waals surface area contributed by atoms with Gasteiger partial charge >= 0.3 is 0 Å². The molecule has 0 bridgehead atoms. The van der Waals surface area contributed by atoms with Crippen LogP contribution < -0.4 is 0 Å². The van der Waals surface area contributed by atoms with Crippen molar-refractivity contribution in [2.45, 2.75) is 34.6 Å². The lowest BCUT2D eigenvalue weighted by Crippen LogP contribution is -2.08. The quantitative estimate of drug-likeness (QED) is 0.455. The molecule has 0 fully saturated rings. The fourth-order valence-corrected chi connectivity index (χ4v) is 0.913. The normalized spacial score (nSPS) is 13.9. The maximum absolute atomic E-state index is 10.9. The maximum atomic E-state index is 10.9. The Balaban J connectivity index is 4.80. The minimum atomic E-state index is 0.0537. The van der Waals surface area contributed by atoms with E-state index < -0.39 is 0 Å². The van der Waals surface area contributed by atoms with Gasteiger partial charge < -0.3 is 0 Å². The van der Waals surface area contributed by atoms with E-state index >= 15 is 0 Å². The van der Waals surface area contributed by atoms with Crippen molar-refractivity contribution >= 4 is 5.78 Å². The van der Waals surface area contributed by atoms with Crippen molar-refractivity contribution in [3.05, 3.63) is 23.8 Å². The van der Waals surface area contributed by atoms with Gasteiger partial charge in [0.1, 0.15) is 0 Å². The second-order valence-electron chi connectivity index (χ2n) is 3.96. The molecule has 0 unspecified atom stereocenters. The van der Waals surface area contributed by atoms with Crippen molar-refractivity contribution < 1.29 is 4.79 Å². The molecule has 0 aliphatic carbocycles. The maximum Gasteiger partial charge on any atom is 0.152 e. The number of hydrogen-bond acceptors (Lipinski definition) is 1. The summed E-state index contributed by atoms with van der Waals surface area (Å²) in [7, 11) is 0. The van der Waals surface area contributed by atoms with Crippen molar-refractivity contribution in [1.29, 1.82) is 0 Å². The van der Waals surface area contributed by atoms with Crippen molar-refractivity contribution in [1.82, 2.24) is 0 Å². The molecule has 0 N–H and O–H groups in total. The lowest BCUT2D eigenvalue weighted by atomic mass is 9.85. The summed E-state index contributed by atoms with van der Waals surface area (Å²) in [5.74, 6) is 0.109. The third kappa shape index (κ3) is 4.12. The Morgan fingerprint density at radius 1 is 1.25 bits per heavy atom. The van der Waals surface area contributed by atoms with Gasteiger partial charge in [-0.3, -0.25) is 4.79 Å². The third-order valence-corrected chi connectivity index (χ3v) is 1.57. The SMILES string of the molecule is C/C=C\C(=C/C(C)=O)C(C)(C)C. The van der Waals surface area contributed by atoms with Crippen LogP contribution in [0.25, 0.3) is 0 Å². The smallest absolute Gasteiger partial charge is 0.152 e. The summed E-state index contributed by atoms with van der Waals surface area (Å²) in [6.45, 7) is 9.83. The molecule has 0 amide bonds. The lowest BCUT2D eigenvalue weighted by molar-refractivity contribution is -0.112. The van der Waals surface area contributed by atoms with Gasteiger partial charge in [0.25, 0.3) is 0 Å². The summed E-state index contributed by atoms with van der Waals surface area (Å²) in [5, 5.41) is 0. The van der Waals surface area contributed by atoms with E-state index in [1.165, 1.54) is 0 Å². The van der Waals surface area contributed by atoms with Crippen molar-refractivity contribution in [3.63, 3.8) is 0 Å². The van der Waals surface area contributed by atoms with Gasteiger partial charge in [0, 0.05) is 0 Å². The van der Waals surface area contributed by atoms with Gasteiger partial charge in [-0.15, -0.1) is 0 Å². The molecular formula is C11H18O. The van der Waals surface area contributed by atoms with E-state index in [0.29, 0.717) is 0 Å². The summed E-state index contributed by atoms with van der Waals surface area (Å²) in [6, 6.07) is 0. The van der Waals surface area contributed by atoms with Gasteiger partial charge in [-0.25, -0.2) is 0 Å². The van der Waals surface area contributed by atoms with Gasteiger partial charge in [-0.1, -0.05) is 32.9 Å². The second-order valence-corrected chi connectivity index (χ2v) is 3.96. The average molecular weight is 166 g/mol. The number of allylic oxidation sites excluding steroid dienone is 4. The van der Waals surface area contributed by atoms with E-state index in [1.807, 2.05) is 19.1 Å². The number of carbonyl (C=O) groups excluding carboxylic acids is 1. The van der Waals surface area contributed by atoms with E-state index in [2.05, 4.69) is 20.8 Å². The highest BCUT2D eigenvalue weighted by molar-refractivity contribution is 5.88. The molecule has 0 heterocycles. The molecule has 0 saturated heterocycles. The predicted octanol–water partition coefficient (Wildman–Crippen LogP) is 3.12. The summed E-state index contributed by atoms with van der Waals surface area (Å²) in [4.78, 5) is 10.9. The number of hydrogen-bond donors (Lipinski definition) is 0. The Labute approximate surface area is 75.2 Å². The van der Waals surface area contributed by atoms with Crippen LogP contribution in [0.2, 0.25) is 0 Å². The molecule has 0 saturated carbocycles. The van der Waals surface area contributed by atoms with Crippen LogP contribution in [0.5, 0.6) is 0 Å². The molecule has 68 valence electrons. The van der Waals surface area contributed by atoms with Crippen LogP contribution in [-0.2, 0) is 4.79 Å². The molecule has 0 spiro atoms. The monoisotopic (exact) mass is 166 g/mol. The molecule has 0 radical (unpaired) electrons. The molecule has 0 rings (SSSR count). The van der Waals surface area contributed by atoms with E-state index in [4.69, 9.17) is 0 Å². The zero-order valence-corrected chi connectivity index (χ0v) is 8.64. The van der Waals surface area contributed by atoms with Crippen LogP contribution in [-0.4, -0.2) is 5.78 Å². The summed E-state index contributed by atoms with van der Waals surface area (Å²) in [5.41, 5.74) is 1.13. The molecule has 0 atom stereocenters. The Morgan fingerprint density at radius 3 is 2.00 bits per heavy atom. The van der Waals surface area contributed by atoms with Crippen LogP contribution in [0.4, 0.5) is 0 Å². The molecule has 0 aromatic heterocycles. The molecule has 0 aromatic rings. The fraction of sp³-hybridized carbons (Fsp3) is 0.545. The molecule has 0 aromatic carbocycles. The Bertz CT molecular complexity index is 214. The Hall–Kier alpha value is -0.850. The molecular weight excluding hydrogens is 148 g/mol. The molecule has 1 nitrogen and oxygen atoms in total. The van der Waals surface area contributed by atoms with Crippen molar-refractivity contribution in [2.75, 3.05) is 0 Å². The molecule has 0 aliphatic rings. The fourth-order valence-electron chi connectivity index (χ4n) is 0.913. The third-order valence-electron chi connectivity index (χ3n) is 1.57. The summed E-state index contributed by atoms with van der Waals surface area (Å²) >= 11 is 0. The van der Waals surface area contributed by atoms with Gasteiger partial charge in [0.2, 0.25) is 0 Å². The second kappa shape index (κ2) is 4.24. The van der Waals surface area contributed by atoms with E-state index in [9.17, 15) is 4.79 Å². The Morgan fingerprint density at radius 2 is 1.75 bits per heavy atom. The number of ketones is 1. The van der Waals surface area contributed by atoms with E-state index in [-0.39, 0.29) is 11.2 Å². The van der Waals surface area contributed by atoms with Crippen LogP contribution in [0, 0.1) is 5.41 Å². The van der Waals surface area contributed by atoms with Gasteiger partial charge in [0.15, 0.2) is 5.78 Å². The van der Waals surface area contributed by atoms with Gasteiger partial charge in [0.05, 0.1) is 0 Å². The lowest BCUT2D eigenvalue weighted by Gasteiger charge is -2.19. The van der Waals surface area contributed by atoms with Gasteiger partial charge in [-0.05, 0) is 30.9 Å². The zero-order valence-electron chi connectivity index (χ0n) is 8.64. The molecule has 0 aliphatic heterocycles. The predicted molar refractivity (Wildman–Crippen MR) is 53.0 cm³/mol. The Kier molecular flexibility index (Phi) is 3.94. The minimum Gasteiger partial charge on any atom is -0.295 e. The molecule has 12 heavy (non-hydrogen) atoms. The molecule has 1 heteroatoms. The topological polar surface area (TPSA) is 17.1 Å². The first-order chi connectivity index (χ1) is 5.38. The summed E-state index contributed by atoms with van der Waals surface area (Å²) in [6.07, 6.45) is 5.64. The van der Waals surface area contributed by atoms with E-state index in [0.717, 1.165) is 5.57 Å². The first kappa shape index (κ1) is 11.2.